The molecule has 128 valence electrons. The van der Waals surface area contributed by atoms with Crippen LogP contribution in [0.4, 0.5) is 5.82 Å². The van der Waals surface area contributed by atoms with E-state index in [1.165, 1.54) is 0 Å². The number of aromatic amines is 1. The molecule has 1 aliphatic rings. The van der Waals surface area contributed by atoms with Crippen molar-refractivity contribution in [1.82, 2.24) is 9.97 Å². The van der Waals surface area contributed by atoms with E-state index < -0.39 is 10.2 Å². The van der Waals surface area contributed by atoms with Crippen molar-refractivity contribution in [3.05, 3.63) is 47.4 Å². The van der Waals surface area contributed by atoms with E-state index in [9.17, 15) is 8.42 Å². The number of hydrogen-bond donors (Lipinski definition) is 3. The minimum atomic E-state index is -4.02. The number of aromatic nitrogens is 2. The first-order chi connectivity index (χ1) is 11.5. The maximum atomic E-state index is 12.2. The lowest BCUT2D eigenvalue weighted by Crippen LogP contribution is -2.39. The summed E-state index contributed by atoms with van der Waals surface area (Å²) in [7, 11) is -4.02. The Labute approximate surface area is 139 Å². The SMILES string of the molecule is NC1=NS(=O)(=O)N(COCCO)c2nc(Cc3ccccc3)[nH]c21. The Bertz CT molecular complexity index is 847. The van der Waals surface area contributed by atoms with Gasteiger partial charge in [-0.1, -0.05) is 30.3 Å². The number of nitrogens with zero attached hydrogens (tertiary/aromatic N) is 3. The molecule has 0 unspecified atom stereocenters. The third-order valence-corrected chi connectivity index (χ3v) is 4.64. The zero-order valence-corrected chi connectivity index (χ0v) is 13.5. The first-order valence-electron chi connectivity index (χ1n) is 7.21. The number of H-pyrrole nitrogens is 1. The van der Waals surface area contributed by atoms with Gasteiger partial charge < -0.3 is 20.6 Å². The van der Waals surface area contributed by atoms with Gasteiger partial charge in [0.2, 0.25) is 0 Å². The van der Waals surface area contributed by atoms with E-state index >= 15 is 0 Å². The molecule has 0 aliphatic carbocycles. The molecule has 4 N–H and O–H groups in total. The Morgan fingerprint density at radius 2 is 2.04 bits per heavy atom. The highest BCUT2D eigenvalue weighted by molar-refractivity contribution is 7.91. The molecule has 0 saturated carbocycles. The third kappa shape index (κ3) is 3.25. The van der Waals surface area contributed by atoms with Crippen molar-refractivity contribution in [1.29, 1.82) is 0 Å². The molecular weight excluding hydrogens is 334 g/mol. The van der Waals surface area contributed by atoms with Crippen LogP contribution in [0.2, 0.25) is 0 Å². The zero-order valence-electron chi connectivity index (χ0n) is 12.7. The predicted octanol–water partition coefficient (Wildman–Crippen LogP) is -0.263. The lowest BCUT2D eigenvalue weighted by molar-refractivity contribution is 0.0985. The largest absolute Gasteiger partial charge is 0.394 e. The number of ether oxygens (including phenoxy) is 1. The molecule has 0 amide bonds. The Morgan fingerprint density at radius 1 is 1.29 bits per heavy atom. The van der Waals surface area contributed by atoms with Crippen molar-refractivity contribution in [2.45, 2.75) is 6.42 Å². The summed E-state index contributed by atoms with van der Waals surface area (Å²) >= 11 is 0. The molecule has 1 aromatic heterocycles. The Kier molecular flexibility index (Phi) is 4.51. The van der Waals surface area contributed by atoms with Gasteiger partial charge in [-0.2, -0.15) is 8.42 Å². The first kappa shape index (κ1) is 16.4. The monoisotopic (exact) mass is 351 g/mol. The van der Waals surface area contributed by atoms with Crippen LogP contribution in [0.25, 0.3) is 0 Å². The number of anilines is 1. The summed E-state index contributed by atoms with van der Waals surface area (Å²) in [5.41, 5.74) is 7.09. The number of nitrogens with one attached hydrogen (secondary N) is 1. The number of aliphatic hydroxyl groups excluding tert-OH is 1. The molecule has 0 bridgehead atoms. The van der Waals surface area contributed by atoms with Gasteiger partial charge in [0, 0.05) is 6.42 Å². The predicted molar refractivity (Wildman–Crippen MR) is 87.9 cm³/mol. The summed E-state index contributed by atoms with van der Waals surface area (Å²) in [6, 6.07) is 9.62. The zero-order chi connectivity index (χ0) is 17.2. The topological polar surface area (TPSA) is 134 Å². The van der Waals surface area contributed by atoms with Crippen LogP contribution >= 0.6 is 0 Å². The number of hydrogen-bond acceptors (Lipinski definition) is 6. The molecule has 24 heavy (non-hydrogen) atoms. The summed E-state index contributed by atoms with van der Waals surface area (Å²) in [6.07, 6.45) is 0.493. The molecule has 2 heterocycles. The molecule has 3 rings (SSSR count). The quantitative estimate of drug-likeness (QED) is 0.614. The smallest absolute Gasteiger partial charge is 0.349 e. The van der Waals surface area contributed by atoms with Gasteiger partial charge >= 0.3 is 10.2 Å². The average molecular weight is 351 g/mol. The fraction of sp³-hybridized carbons (Fsp3) is 0.286. The number of benzene rings is 1. The fourth-order valence-electron chi connectivity index (χ4n) is 2.31. The Morgan fingerprint density at radius 3 is 2.75 bits per heavy atom. The van der Waals surface area contributed by atoms with Gasteiger partial charge in [-0.05, 0) is 5.56 Å². The van der Waals surface area contributed by atoms with E-state index in [2.05, 4.69) is 14.4 Å². The van der Waals surface area contributed by atoms with Crippen molar-refractivity contribution >= 4 is 21.9 Å². The van der Waals surface area contributed by atoms with Gasteiger partial charge in [-0.15, -0.1) is 4.40 Å². The second kappa shape index (κ2) is 6.59. The molecule has 1 aromatic carbocycles. The molecule has 0 spiro atoms. The highest BCUT2D eigenvalue weighted by Crippen LogP contribution is 2.27. The summed E-state index contributed by atoms with van der Waals surface area (Å²) in [5.74, 6) is 0.565. The Balaban J connectivity index is 1.92. The second-order valence-electron chi connectivity index (χ2n) is 5.11. The lowest BCUT2D eigenvalue weighted by atomic mass is 10.1. The number of amidine groups is 1. The molecule has 2 aromatic rings. The number of fused-ring (bicyclic) bond motifs is 1. The molecule has 9 nitrogen and oxygen atoms in total. The van der Waals surface area contributed by atoms with Crippen LogP contribution in [0.15, 0.2) is 34.7 Å². The first-order valence-corrected chi connectivity index (χ1v) is 8.61. The van der Waals surface area contributed by atoms with Crippen molar-refractivity contribution in [2.75, 3.05) is 24.2 Å². The molecule has 0 atom stereocenters. The maximum absolute atomic E-state index is 12.2. The standard InChI is InChI=1S/C14H17N5O4S/c15-13-12-14(19(9-23-7-6-20)24(21,22)18-13)17-11(16-12)8-10-4-2-1-3-5-10/h1-5,20H,6-9H2,(H2,15,18)(H,16,17). The van der Waals surface area contributed by atoms with Crippen LogP contribution < -0.4 is 10.0 Å². The van der Waals surface area contributed by atoms with Gasteiger partial charge in [0.05, 0.1) is 13.2 Å². The molecular formula is C14H17N5O4S. The van der Waals surface area contributed by atoms with E-state index in [1.54, 1.807) is 0 Å². The molecule has 10 heteroatoms. The molecule has 0 fully saturated rings. The minimum absolute atomic E-state index is 0.00183. The number of imidazole rings is 1. The van der Waals surface area contributed by atoms with Crippen LogP contribution in [-0.2, 0) is 21.4 Å². The maximum Gasteiger partial charge on any atom is 0.349 e. The third-order valence-electron chi connectivity index (χ3n) is 3.38. The van der Waals surface area contributed by atoms with Gasteiger partial charge in [0.25, 0.3) is 0 Å². The highest BCUT2D eigenvalue weighted by Gasteiger charge is 2.34. The van der Waals surface area contributed by atoms with Gasteiger partial charge in [0.1, 0.15) is 18.2 Å². The fourth-order valence-corrected chi connectivity index (χ4v) is 3.31. The molecule has 0 saturated heterocycles. The summed E-state index contributed by atoms with van der Waals surface area (Å²) < 4.78 is 33.9. The minimum Gasteiger partial charge on any atom is -0.394 e. The highest BCUT2D eigenvalue weighted by atomic mass is 32.2. The van der Waals surface area contributed by atoms with E-state index in [0.717, 1.165) is 9.87 Å². The van der Waals surface area contributed by atoms with Crippen LogP contribution in [0.1, 0.15) is 17.1 Å². The number of rotatable bonds is 6. The summed E-state index contributed by atoms with van der Waals surface area (Å²) in [5, 5.41) is 8.77. The van der Waals surface area contributed by atoms with E-state index in [-0.39, 0.29) is 31.6 Å². The van der Waals surface area contributed by atoms with E-state index in [4.69, 9.17) is 15.6 Å². The summed E-state index contributed by atoms with van der Waals surface area (Å²) in [6.45, 7) is -0.518. The molecule has 0 radical (unpaired) electrons. The second-order valence-corrected chi connectivity index (χ2v) is 6.63. The van der Waals surface area contributed by atoms with Gasteiger partial charge in [-0.25, -0.2) is 9.29 Å². The van der Waals surface area contributed by atoms with Crippen LogP contribution in [-0.4, -0.2) is 49.3 Å². The van der Waals surface area contributed by atoms with Gasteiger partial charge in [-0.3, -0.25) is 0 Å². The van der Waals surface area contributed by atoms with Crippen molar-refractivity contribution in [2.24, 2.45) is 10.1 Å². The average Bonchev–Trinajstić information content (AvgIpc) is 2.95. The molecule has 1 aliphatic heterocycles. The van der Waals surface area contributed by atoms with E-state index in [0.29, 0.717) is 17.9 Å². The summed E-state index contributed by atoms with van der Waals surface area (Å²) in [4.78, 5) is 7.35. The number of aliphatic hydroxyl groups is 1. The lowest BCUT2D eigenvalue weighted by Gasteiger charge is -2.23. The van der Waals surface area contributed by atoms with Crippen LogP contribution in [0.3, 0.4) is 0 Å². The van der Waals surface area contributed by atoms with Crippen LogP contribution in [0.5, 0.6) is 0 Å². The number of nitrogens with two attached hydrogens (primary N) is 1. The normalized spacial score (nSPS) is 15.9. The van der Waals surface area contributed by atoms with Crippen LogP contribution in [0, 0.1) is 0 Å². The van der Waals surface area contributed by atoms with Crippen molar-refractivity contribution < 1.29 is 18.3 Å². The van der Waals surface area contributed by atoms with E-state index in [1.807, 2.05) is 30.3 Å². The van der Waals surface area contributed by atoms with Gasteiger partial charge in [0.15, 0.2) is 11.7 Å². The van der Waals surface area contributed by atoms with Crippen molar-refractivity contribution in [3.63, 3.8) is 0 Å². The Hall–Kier alpha value is -2.43. The van der Waals surface area contributed by atoms with Crippen molar-refractivity contribution in [3.8, 4) is 0 Å².